The number of halogens is 5. The van der Waals surface area contributed by atoms with Crippen LogP contribution in [0.4, 0.5) is 22.0 Å². The summed E-state index contributed by atoms with van der Waals surface area (Å²) in [7, 11) is 4.59. The third-order valence-electron chi connectivity index (χ3n) is 8.01. The number of carbonyl (C=O) groups excluding carboxylic acids is 1. The predicted molar refractivity (Wildman–Crippen MR) is 162 cm³/mol. The van der Waals surface area contributed by atoms with Crippen LogP contribution in [-0.4, -0.2) is 79.0 Å². The minimum absolute atomic E-state index is 0.129. The lowest BCUT2D eigenvalue weighted by atomic mass is 9.92. The highest BCUT2D eigenvalue weighted by molar-refractivity contribution is 6.04. The van der Waals surface area contributed by atoms with Gasteiger partial charge in [0.1, 0.15) is 29.4 Å². The third-order valence-corrected chi connectivity index (χ3v) is 8.01. The normalized spacial score (nSPS) is 14.4. The van der Waals surface area contributed by atoms with Gasteiger partial charge in [0.25, 0.3) is 5.91 Å². The second-order valence-electron chi connectivity index (χ2n) is 11.5. The minimum Gasteiger partial charge on any atom is -0.496 e. The van der Waals surface area contributed by atoms with Gasteiger partial charge >= 0.3 is 12.8 Å². The molecule has 0 aliphatic carbocycles. The summed E-state index contributed by atoms with van der Waals surface area (Å²) in [6.07, 6.45) is 0.193. The second-order valence-corrected chi connectivity index (χ2v) is 11.5. The molecule has 2 aromatic carbocycles. The number of hydrogen-bond acceptors (Lipinski definition) is 8. The van der Waals surface area contributed by atoms with E-state index >= 15 is 0 Å². The first-order chi connectivity index (χ1) is 22.7. The van der Waals surface area contributed by atoms with E-state index in [0.29, 0.717) is 27.2 Å². The molecule has 16 heteroatoms. The van der Waals surface area contributed by atoms with Gasteiger partial charge in [-0.1, -0.05) is 6.07 Å². The Morgan fingerprint density at radius 3 is 2.33 bits per heavy atom. The van der Waals surface area contributed by atoms with Gasteiger partial charge in [-0.25, -0.2) is 0 Å². The van der Waals surface area contributed by atoms with E-state index in [4.69, 9.17) is 14.2 Å². The van der Waals surface area contributed by atoms with Crippen LogP contribution in [0.2, 0.25) is 0 Å². The fourth-order valence-corrected chi connectivity index (χ4v) is 5.57. The van der Waals surface area contributed by atoms with Crippen molar-refractivity contribution in [3.8, 4) is 39.6 Å². The van der Waals surface area contributed by atoms with Crippen LogP contribution in [0.5, 0.6) is 17.2 Å². The molecule has 48 heavy (non-hydrogen) atoms. The van der Waals surface area contributed by atoms with Crippen LogP contribution in [0.15, 0.2) is 55.0 Å². The Kier molecular flexibility index (Phi) is 8.23. The number of fused-ring (bicyclic) bond motifs is 1. The lowest BCUT2D eigenvalue weighted by molar-refractivity contribution is -0.294. The number of rotatable bonds is 9. The highest BCUT2D eigenvalue weighted by Gasteiger charge is 2.62. The quantitative estimate of drug-likeness (QED) is 0.210. The minimum atomic E-state index is -4.99. The smallest absolute Gasteiger partial charge is 0.420 e. The summed E-state index contributed by atoms with van der Waals surface area (Å²) < 4.78 is 86.8. The number of aromatic nitrogens is 5. The fraction of sp³-hybridized carbons (Fsp3) is 0.312. The monoisotopic (exact) mass is 672 g/mol. The van der Waals surface area contributed by atoms with Crippen molar-refractivity contribution in [3.05, 3.63) is 71.8 Å². The molecule has 0 radical (unpaired) electrons. The summed E-state index contributed by atoms with van der Waals surface area (Å²) in [5.41, 5.74) is 0.589. The first-order valence-corrected chi connectivity index (χ1v) is 14.5. The summed E-state index contributed by atoms with van der Waals surface area (Å²) in [5, 5.41) is 19.3. The Bertz CT molecular complexity index is 2000. The molecule has 0 atom stereocenters. The van der Waals surface area contributed by atoms with Crippen molar-refractivity contribution in [1.82, 2.24) is 29.4 Å². The molecule has 1 aliphatic heterocycles. The maximum Gasteiger partial charge on any atom is 0.420 e. The molecule has 5 aromatic rings. The molecular formula is C32H29F5N6O5. The molecule has 0 spiro atoms. The SMILES string of the molecule is COc1cc(-c2c3c(OCc4ccc(C)nc4)cc(-c4cnn(C)c4)cc3nn2C)cc(OC(F)F)c1C(=O)N1CC(O)(C(F)(F)F)C1. The van der Waals surface area contributed by atoms with Gasteiger partial charge in [0, 0.05) is 48.9 Å². The van der Waals surface area contributed by atoms with Crippen molar-refractivity contribution in [1.29, 1.82) is 0 Å². The molecule has 3 aromatic heterocycles. The van der Waals surface area contributed by atoms with Crippen molar-refractivity contribution in [3.63, 3.8) is 0 Å². The summed E-state index contributed by atoms with van der Waals surface area (Å²) in [4.78, 5) is 18.3. The lowest BCUT2D eigenvalue weighted by Crippen LogP contribution is -2.70. The number of aliphatic hydroxyl groups is 1. The van der Waals surface area contributed by atoms with E-state index in [9.17, 15) is 31.9 Å². The zero-order valence-electron chi connectivity index (χ0n) is 26.0. The summed E-state index contributed by atoms with van der Waals surface area (Å²) >= 11 is 0. The van der Waals surface area contributed by atoms with Gasteiger partial charge in [-0.3, -0.25) is 19.1 Å². The first-order valence-electron chi connectivity index (χ1n) is 14.5. The molecular weight excluding hydrogens is 643 g/mol. The van der Waals surface area contributed by atoms with Crippen molar-refractivity contribution < 1.29 is 46.1 Å². The Morgan fingerprint density at radius 1 is 1.02 bits per heavy atom. The average Bonchev–Trinajstić information content (AvgIpc) is 3.59. The molecule has 0 bridgehead atoms. The summed E-state index contributed by atoms with van der Waals surface area (Å²) in [6, 6.07) is 9.87. The number of methoxy groups -OCH3 is 1. The molecule has 1 aliphatic rings. The molecule has 1 N–H and O–H groups in total. The molecule has 4 heterocycles. The van der Waals surface area contributed by atoms with Crippen LogP contribution in [0, 0.1) is 6.92 Å². The van der Waals surface area contributed by atoms with Crippen LogP contribution in [-0.2, 0) is 20.7 Å². The van der Waals surface area contributed by atoms with Crippen LogP contribution < -0.4 is 14.2 Å². The van der Waals surface area contributed by atoms with E-state index < -0.39 is 48.7 Å². The average molecular weight is 673 g/mol. The van der Waals surface area contributed by atoms with Gasteiger partial charge in [-0.15, -0.1) is 0 Å². The number of benzene rings is 2. The number of amides is 1. The number of nitrogens with zero attached hydrogens (tertiary/aromatic N) is 6. The van der Waals surface area contributed by atoms with Crippen LogP contribution >= 0.6 is 0 Å². The van der Waals surface area contributed by atoms with E-state index in [1.54, 1.807) is 37.2 Å². The third kappa shape index (κ3) is 5.98. The summed E-state index contributed by atoms with van der Waals surface area (Å²) in [5.74, 6) is -1.58. The van der Waals surface area contributed by atoms with Crippen molar-refractivity contribution in [2.45, 2.75) is 31.9 Å². The number of β-amino-alcohol motifs (C(OH)–C–C–N with tert-alkyl or cyclic N) is 1. The zero-order valence-corrected chi connectivity index (χ0v) is 26.0. The predicted octanol–water partition coefficient (Wildman–Crippen LogP) is 5.28. The first kappa shape index (κ1) is 32.7. The Hall–Kier alpha value is -5.25. The second kappa shape index (κ2) is 12.1. The largest absolute Gasteiger partial charge is 0.496 e. The lowest BCUT2D eigenvalue weighted by Gasteiger charge is -2.47. The van der Waals surface area contributed by atoms with E-state index in [-0.39, 0.29) is 17.9 Å². The number of hydrogen-bond donors (Lipinski definition) is 1. The highest BCUT2D eigenvalue weighted by Crippen LogP contribution is 2.45. The van der Waals surface area contributed by atoms with Crippen LogP contribution in [0.1, 0.15) is 21.6 Å². The summed E-state index contributed by atoms with van der Waals surface area (Å²) in [6.45, 7) is -3.58. The molecule has 1 saturated heterocycles. The van der Waals surface area contributed by atoms with Gasteiger partial charge < -0.3 is 24.2 Å². The van der Waals surface area contributed by atoms with Gasteiger partial charge in [0.05, 0.1) is 43.0 Å². The van der Waals surface area contributed by atoms with Gasteiger partial charge in [-0.2, -0.15) is 32.1 Å². The van der Waals surface area contributed by atoms with Gasteiger partial charge in [0.2, 0.25) is 0 Å². The van der Waals surface area contributed by atoms with E-state index in [1.807, 2.05) is 31.3 Å². The number of ether oxygens (including phenoxy) is 3. The van der Waals surface area contributed by atoms with Crippen LogP contribution in [0.25, 0.3) is 33.3 Å². The number of aryl methyl sites for hydroxylation is 3. The van der Waals surface area contributed by atoms with Gasteiger partial charge in [0.15, 0.2) is 5.60 Å². The highest BCUT2D eigenvalue weighted by atomic mass is 19.4. The van der Waals surface area contributed by atoms with Crippen LogP contribution in [0.3, 0.4) is 0 Å². The number of likely N-dealkylation sites (tertiary alicyclic amines) is 1. The number of carbonyl (C=O) groups is 1. The fourth-order valence-electron chi connectivity index (χ4n) is 5.57. The molecule has 0 unspecified atom stereocenters. The zero-order chi connectivity index (χ0) is 34.5. The Morgan fingerprint density at radius 2 is 1.73 bits per heavy atom. The van der Waals surface area contributed by atoms with Crippen molar-refractivity contribution >= 4 is 16.8 Å². The molecule has 1 amide bonds. The maximum absolute atomic E-state index is 13.7. The van der Waals surface area contributed by atoms with E-state index in [0.717, 1.165) is 28.5 Å². The van der Waals surface area contributed by atoms with Crippen molar-refractivity contribution in [2.75, 3.05) is 20.2 Å². The maximum atomic E-state index is 13.7. The molecule has 11 nitrogen and oxygen atoms in total. The van der Waals surface area contributed by atoms with E-state index in [2.05, 4.69) is 15.2 Å². The standard InChI is InChI=1S/C32H29F5N6O5/c1-17-5-6-18(11-38-17)14-47-24-8-19(21-12-39-41(2)13-21)7-22-26(24)28(42(3)40-22)20-9-23(46-4)27(25(10-20)48-30(33)34)29(44)43-15-31(45,16-43)32(35,36)37/h5-13,30,45H,14-16H2,1-4H3. The van der Waals surface area contributed by atoms with Gasteiger partial charge in [-0.05, 0) is 42.8 Å². The topological polar surface area (TPSA) is 117 Å². The Balaban J connectivity index is 1.47. The molecule has 6 rings (SSSR count). The van der Waals surface area contributed by atoms with Crippen molar-refractivity contribution in [2.24, 2.45) is 14.1 Å². The number of alkyl halides is 5. The molecule has 1 fully saturated rings. The Labute approximate surface area is 270 Å². The number of pyridine rings is 1. The molecule has 0 saturated carbocycles. The van der Waals surface area contributed by atoms with E-state index in [1.165, 1.54) is 17.9 Å². The molecule has 252 valence electrons.